The quantitative estimate of drug-likeness (QED) is 0.738. The molecule has 0 radical (unpaired) electrons. The Morgan fingerprint density at radius 2 is 2.12 bits per heavy atom. The fourth-order valence-electron chi connectivity index (χ4n) is 1.50. The molecule has 3 nitrogen and oxygen atoms in total. The first-order chi connectivity index (χ1) is 8.04. The summed E-state index contributed by atoms with van der Waals surface area (Å²) in [5.74, 6) is 0. The van der Waals surface area contributed by atoms with Crippen LogP contribution in [0.2, 0.25) is 5.02 Å². The molecule has 6 heteroatoms. The fraction of sp³-hybridized carbons (Fsp3) is 0.0909. The number of nitrogens with zero attached hydrogens (tertiary/aromatic N) is 2. The second-order valence-electron chi connectivity index (χ2n) is 3.42. The van der Waals surface area contributed by atoms with E-state index in [9.17, 15) is 4.79 Å². The van der Waals surface area contributed by atoms with Crippen LogP contribution >= 0.6 is 43.5 Å². The van der Waals surface area contributed by atoms with Gasteiger partial charge in [0, 0.05) is 22.1 Å². The van der Waals surface area contributed by atoms with Gasteiger partial charge in [-0.1, -0.05) is 33.6 Å². The number of aldehydes is 1. The SMILES string of the molecule is Cn1nc(-c2ccc(Cl)cc2Br)c(C=O)c1Br. The van der Waals surface area contributed by atoms with Crippen LogP contribution in [-0.2, 0) is 7.05 Å². The highest BCUT2D eigenvalue weighted by Gasteiger charge is 2.17. The summed E-state index contributed by atoms with van der Waals surface area (Å²) in [5, 5.41) is 4.94. The molecule has 0 aliphatic heterocycles. The van der Waals surface area contributed by atoms with Gasteiger partial charge < -0.3 is 0 Å². The molecule has 1 heterocycles. The first kappa shape index (κ1) is 12.8. The molecule has 88 valence electrons. The van der Waals surface area contributed by atoms with Gasteiger partial charge in [0.2, 0.25) is 0 Å². The minimum atomic E-state index is 0.524. The van der Waals surface area contributed by atoms with Gasteiger partial charge in [-0.2, -0.15) is 5.10 Å². The van der Waals surface area contributed by atoms with Crippen LogP contribution in [0.3, 0.4) is 0 Å². The lowest BCUT2D eigenvalue weighted by atomic mass is 10.1. The Kier molecular flexibility index (Phi) is 3.70. The highest BCUT2D eigenvalue weighted by Crippen LogP contribution is 2.33. The van der Waals surface area contributed by atoms with Crippen LogP contribution in [0.5, 0.6) is 0 Å². The lowest BCUT2D eigenvalue weighted by molar-refractivity contribution is 0.112. The topological polar surface area (TPSA) is 34.9 Å². The molecule has 0 saturated carbocycles. The molecule has 2 rings (SSSR count). The summed E-state index contributed by atoms with van der Waals surface area (Å²) in [6.07, 6.45) is 0.785. The van der Waals surface area contributed by atoms with Crippen molar-refractivity contribution < 1.29 is 4.79 Å². The Balaban J connectivity index is 2.68. The van der Waals surface area contributed by atoms with Gasteiger partial charge in [0.1, 0.15) is 10.3 Å². The Bertz CT molecular complexity index is 595. The zero-order valence-corrected chi connectivity index (χ0v) is 12.7. The van der Waals surface area contributed by atoms with Gasteiger partial charge in [0.25, 0.3) is 0 Å². The van der Waals surface area contributed by atoms with Crippen LogP contribution in [0.1, 0.15) is 10.4 Å². The second-order valence-corrected chi connectivity index (χ2v) is 5.46. The van der Waals surface area contributed by atoms with Crippen LogP contribution in [0, 0.1) is 0 Å². The first-order valence-electron chi connectivity index (χ1n) is 4.67. The summed E-state index contributed by atoms with van der Waals surface area (Å²) in [6, 6.07) is 5.36. The van der Waals surface area contributed by atoms with Crippen molar-refractivity contribution in [1.29, 1.82) is 0 Å². The molecule has 0 atom stereocenters. The van der Waals surface area contributed by atoms with Crippen molar-refractivity contribution in [3.8, 4) is 11.3 Å². The van der Waals surface area contributed by atoms with Crippen molar-refractivity contribution in [2.75, 3.05) is 0 Å². The van der Waals surface area contributed by atoms with Gasteiger partial charge in [-0.3, -0.25) is 9.48 Å². The zero-order valence-electron chi connectivity index (χ0n) is 8.75. The predicted molar refractivity (Wildman–Crippen MR) is 74.4 cm³/mol. The minimum absolute atomic E-state index is 0.524. The molecule has 17 heavy (non-hydrogen) atoms. The third kappa shape index (κ3) is 2.32. The summed E-state index contributed by atoms with van der Waals surface area (Å²) in [7, 11) is 1.77. The van der Waals surface area contributed by atoms with Gasteiger partial charge in [-0.15, -0.1) is 0 Å². The minimum Gasteiger partial charge on any atom is -0.298 e. The Morgan fingerprint density at radius 1 is 1.41 bits per heavy atom. The van der Waals surface area contributed by atoms with Gasteiger partial charge in [0.15, 0.2) is 6.29 Å². The van der Waals surface area contributed by atoms with Crippen LogP contribution in [0.4, 0.5) is 0 Å². The van der Waals surface area contributed by atoms with E-state index < -0.39 is 0 Å². The largest absolute Gasteiger partial charge is 0.298 e. The molecule has 0 fully saturated rings. The molecule has 2 aromatic rings. The molecule has 0 aliphatic carbocycles. The van der Waals surface area contributed by atoms with E-state index in [1.165, 1.54) is 0 Å². The maximum Gasteiger partial charge on any atom is 0.155 e. The summed E-state index contributed by atoms with van der Waals surface area (Å²) in [4.78, 5) is 11.1. The van der Waals surface area contributed by atoms with E-state index in [-0.39, 0.29) is 0 Å². The number of halogens is 3. The molecule has 1 aromatic heterocycles. The third-order valence-corrected chi connectivity index (χ3v) is 4.15. The van der Waals surface area contributed by atoms with Crippen LogP contribution < -0.4 is 0 Å². The molecular formula is C11H7Br2ClN2O. The molecule has 0 bridgehead atoms. The number of hydrogen-bond acceptors (Lipinski definition) is 2. The summed E-state index contributed by atoms with van der Waals surface area (Å²) in [5.41, 5.74) is 1.98. The van der Waals surface area contributed by atoms with Gasteiger partial charge in [-0.25, -0.2) is 0 Å². The van der Waals surface area contributed by atoms with Crippen molar-refractivity contribution >= 4 is 49.7 Å². The Morgan fingerprint density at radius 3 is 2.71 bits per heavy atom. The zero-order chi connectivity index (χ0) is 12.6. The lowest BCUT2D eigenvalue weighted by Crippen LogP contribution is -1.90. The van der Waals surface area contributed by atoms with Crippen molar-refractivity contribution in [2.24, 2.45) is 7.05 Å². The van der Waals surface area contributed by atoms with Crippen LogP contribution in [0.25, 0.3) is 11.3 Å². The number of hydrogen-bond donors (Lipinski definition) is 0. The predicted octanol–water partition coefficient (Wildman–Crippen LogP) is 4.08. The maximum absolute atomic E-state index is 11.1. The van der Waals surface area contributed by atoms with Gasteiger partial charge >= 0.3 is 0 Å². The molecule has 0 amide bonds. The fourth-order valence-corrected chi connectivity index (χ4v) is 2.74. The molecule has 1 aromatic carbocycles. The number of aromatic nitrogens is 2. The Labute approximate surface area is 120 Å². The van der Waals surface area contributed by atoms with E-state index in [2.05, 4.69) is 37.0 Å². The average Bonchev–Trinajstić information content (AvgIpc) is 2.55. The average molecular weight is 378 g/mol. The van der Waals surface area contributed by atoms with Crippen molar-refractivity contribution in [3.63, 3.8) is 0 Å². The van der Waals surface area contributed by atoms with Crippen LogP contribution in [-0.4, -0.2) is 16.1 Å². The van der Waals surface area contributed by atoms with Crippen LogP contribution in [0.15, 0.2) is 27.3 Å². The van der Waals surface area contributed by atoms with Crippen molar-refractivity contribution in [1.82, 2.24) is 9.78 Å². The van der Waals surface area contributed by atoms with Crippen molar-refractivity contribution in [2.45, 2.75) is 0 Å². The third-order valence-electron chi connectivity index (χ3n) is 2.32. The van der Waals surface area contributed by atoms with E-state index >= 15 is 0 Å². The second kappa shape index (κ2) is 4.92. The highest BCUT2D eigenvalue weighted by atomic mass is 79.9. The number of rotatable bonds is 2. The van der Waals surface area contributed by atoms with Gasteiger partial charge in [0.05, 0.1) is 5.56 Å². The number of aryl methyl sites for hydroxylation is 1. The van der Waals surface area contributed by atoms with Gasteiger partial charge in [-0.05, 0) is 28.1 Å². The molecule has 0 unspecified atom stereocenters. The number of carbonyl (C=O) groups excluding carboxylic acids is 1. The van der Waals surface area contributed by atoms with E-state index in [1.807, 2.05) is 6.07 Å². The number of carbonyl (C=O) groups is 1. The maximum atomic E-state index is 11.1. The summed E-state index contributed by atoms with van der Waals surface area (Å²) >= 11 is 12.6. The normalized spacial score (nSPS) is 10.6. The van der Waals surface area contributed by atoms with E-state index in [1.54, 1.807) is 23.9 Å². The summed E-state index contributed by atoms with van der Waals surface area (Å²) in [6.45, 7) is 0. The van der Waals surface area contributed by atoms with E-state index in [4.69, 9.17) is 11.6 Å². The first-order valence-corrected chi connectivity index (χ1v) is 6.64. The number of benzene rings is 1. The van der Waals surface area contributed by atoms with E-state index in [0.717, 1.165) is 16.3 Å². The molecular weight excluding hydrogens is 371 g/mol. The molecule has 0 aliphatic rings. The smallest absolute Gasteiger partial charge is 0.155 e. The standard InChI is InChI=1S/C11H7Br2ClN2O/c1-16-11(13)8(5-17)10(15-16)7-3-2-6(14)4-9(7)12/h2-5H,1H3. The Hall–Kier alpha value is -0.650. The highest BCUT2D eigenvalue weighted by molar-refractivity contribution is 9.10. The molecule has 0 N–H and O–H groups in total. The van der Waals surface area contributed by atoms with E-state index in [0.29, 0.717) is 20.9 Å². The van der Waals surface area contributed by atoms with Crippen molar-refractivity contribution in [3.05, 3.63) is 37.9 Å². The monoisotopic (exact) mass is 376 g/mol. The molecule has 0 saturated heterocycles. The molecule has 0 spiro atoms. The summed E-state index contributed by atoms with van der Waals surface area (Å²) < 4.78 is 3.07. The lowest BCUT2D eigenvalue weighted by Gasteiger charge is -2.02.